The number of hydrogen-bond acceptors (Lipinski definition) is 7. The number of sulfone groups is 1. The average molecular weight is 334 g/mol. The minimum Gasteiger partial charge on any atom is -0.497 e. The molecular weight excluding hydrogens is 320 g/mol. The van der Waals surface area contributed by atoms with E-state index in [0.717, 1.165) is 0 Å². The number of imidazole rings is 1. The highest BCUT2D eigenvalue weighted by molar-refractivity contribution is 7.90. The topological polar surface area (TPSA) is 100 Å². The summed E-state index contributed by atoms with van der Waals surface area (Å²) in [6, 6.07) is 7.03. The Hall–Kier alpha value is -2.68. The lowest BCUT2D eigenvalue weighted by atomic mass is 10.3. The molecule has 9 heteroatoms. The van der Waals surface area contributed by atoms with Crippen LogP contribution in [0.15, 0.2) is 46.3 Å². The first-order valence-corrected chi connectivity index (χ1v) is 8.34. The normalized spacial score (nSPS) is 11.6. The first-order valence-electron chi connectivity index (χ1n) is 6.69. The van der Waals surface area contributed by atoms with Crippen LogP contribution in [0.3, 0.4) is 0 Å². The van der Waals surface area contributed by atoms with Gasteiger partial charge in [0.15, 0.2) is 5.82 Å². The summed E-state index contributed by atoms with van der Waals surface area (Å²) in [7, 11) is -2.18. The third kappa shape index (κ3) is 3.09. The summed E-state index contributed by atoms with van der Waals surface area (Å²) in [5.74, 6) is 0.646. The Labute approximate surface area is 132 Å². The Morgan fingerprint density at radius 1 is 1.35 bits per heavy atom. The van der Waals surface area contributed by atoms with Crippen molar-refractivity contribution in [1.82, 2.24) is 19.7 Å². The van der Waals surface area contributed by atoms with E-state index in [2.05, 4.69) is 15.1 Å². The van der Waals surface area contributed by atoms with E-state index in [-0.39, 0.29) is 16.7 Å². The summed E-state index contributed by atoms with van der Waals surface area (Å²) in [4.78, 5) is 7.89. The standard InChI is InChI=1S/C14H14N4O4S/c1-10-16-13(17-22-10)9-23(19,20)14-15-6-7-18(14)11-4-3-5-12(8-11)21-2/h3-8H,9H2,1-2H3. The molecule has 0 spiro atoms. The molecule has 120 valence electrons. The molecule has 0 aliphatic heterocycles. The van der Waals surface area contributed by atoms with Gasteiger partial charge in [0.1, 0.15) is 11.5 Å². The zero-order valence-corrected chi connectivity index (χ0v) is 13.3. The van der Waals surface area contributed by atoms with Gasteiger partial charge in [-0.2, -0.15) is 4.98 Å². The number of benzene rings is 1. The second-order valence-electron chi connectivity index (χ2n) is 4.77. The van der Waals surface area contributed by atoms with Gasteiger partial charge in [-0.3, -0.25) is 4.57 Å². The fourth-order valence-corrected chi connectivity index (χ4v) is 3.38. The van der Waals surface area contributed by atoms with Crippen LogP contribution >= 0.6 is 0 Å². The Morgan fingerprint density at radius 2 is 2.17 bits per heavy atom. The van der Waals surface area contributed by atoms with Gasteiger partial charge in [0.2, 0.25) is 20.9 Å². The molecule has 0 unspecified atom stereocenters. The van der Waals surface area contributed by atoms with E-state index in [4.69, 9.17) is 9.26 Å². The summed E-state index contributed by atoms with van der Waals surface area (Å²) >= 11 is 0. The van der Waals surface area contributed by atoms with Crippen molar-refractivity contribution in [3.8, 4) is 11.4 Å². The average Bonchev–Trinajstić information content (AvgIpc) is 3.16. The van der Waals surface area contributed by atoms with Crippen molar-refractivity contribution >= 4 is 9.84 Å². The molecular formula is C14H14N4O4S. The number of aryl methyl sites for hydroxylation is 1. The fourth-order valence-electron chi connectivity index (χ4n) is 2.11. The number of methoxy groups -OCH3 is 1. The highest BCUT2D eigenvalue weighted by Crippen LogP contribution is 2.21. The fraction of sp³-hybridized carbons (Fsp3) is 0.214. The largest absolute Gasteiger partial charge is 0.497 e. The smallest absolute Gasteiger partial charge is 0.232 e. The van der Waals surface area contributed by atoms with Crippen LogP contribution < -0.4 is 4.74 Å². The van der Waals surface area contributed by atoms with Crippen LogP contribution in [0, 0.1) is 6.92 Å². The number of nitrogens with zero attached hydrogens (tertiary/aromatic N) is 4. The van der Waals surface area contributed by atoms with Crippen molar-refractivity contribution in [3.05, 3.63) is 48.4 Å². The zero-order chi connectivity index (χ0) is 16.4. The molecule has 0 fully saturated rings. The van der Waals surface area contributed by atoms with E-state index in [1.165, 1.54) is 10.8 Å². The van der Waals surface area contributed by atoms with Crippen LogP contribution in [0.5, 0.6) is 5.75 Å². The second-order valence-corrected chi connectivity index (χ2v) is 6.65. The monoisotopic (exact) mass is 334 g/mol. The first-order chi connectivity index (χ1) is 11.0. The predicted octanol–water partition coefficient (Wildman–Crippen LogP) is 1.55. The summed E-state index contributed by atoms with van der Waals surface area (Å²) < 4.78 is 36.6. The number of ether oxygens (including phenoxy) is 1. The second kappa shape index (κ2) is 5.84. The summed E-state index contributed by atoms with van der Waals surface area (Å²) in [5, 5.41) is 3.53. The maximum absolute atomic E-state index is 12.6. The van der Waals surface area contributed by atoms with Gasteiger partial charge in [-0.25, -0.2) is 13.4 Å². The molecule has 2 aromatic heterocycles. The zero-order valence-electron chi connectivity index (χ0n) is 12.5. The van der Waals surface area contributed by atoms with Crippen LogP contribution in [0.4, 0.5) is 0 Å². The van der Waals surface area contributed by atoms with Crippen molar-refractivity contribution in [2.75, 3.05) is 7.11 Å². The van der Waals surface area contributed by atoms with E-state index in [1.54, 1.807) is 44.5 Å². The highest BCUT2D eigenvalue weighted by atomic mass is 32.2. The molecule has 0 aliphatic rings. The molecule has 0 atom stereocenters. The van der Waals surface area contributed by atoms with E-state index in [9.17, 15) is 8.42 Å². The van der Waals surface area contributed by atoms with Crippen LogP contribution in [0.1, 0.15) is 11.7 Å². The van der Waals surface area contributed by atoms with E-state index < -0.39 is 9.84 Å². The van der Waals surface area contributed by atoms with Crippen LogP contribution in [-0.4, -0.2) is 35.2 Å². The van der Waals surface area contributed by atoms with Crippen LogP contribution in [-0.2, 0) is 15.6 Å². The predicted molar refractivity (Wildman–Crippen MR) is 80.0 cm³/mol. The number of hydrogen-bond donors (Lipinski definition) is 0. The van der Waals surface area contributed by atoms with Crippen LogP contribution in [0.2, 0.25) is 0 Å². The Bertz CT molecular complexity index is 930. The van der Waals surface area contributed by atoms with Gasteiger partial charge in [0.25, 0.3) is 0 Å². The molecule has 23 heavy (non-hydrogen) atoms. The Kier molecular flexibility index (Phi) is 3.87. The minimum atomic E-state index is -3.73. The van der Waals surface area contributed by atoms with Gasteiger partial charge in [0, 0.05) is 25.4 Å². The van der Waals surface area contributed by atoms with E-state index in [0.29, 0.717) is 17.3 Å². The molecule has 3 aromatic rings. The molecule has 2 heterocycles. The summed E-state index contributed by atoms with van der Waals surface area (Å²) in [5.41, 5.74) is 0.629. The number of rotatable bonds is 5. The lowest BCUT2D eigenvalue weighted by Gasteiger charge is -2.09. The maximum Gasteiger partial charge on any atom is 0.232 e. The highest BCUT2D eigenvalue weighted by Gasteiger charge is 2.24. The number of aromatic nitrogens is 4. The first kappa shape index (κ1) is 15.2. The van der Waals surface area contributed by atoms with Crippen molar-refractivity contribution in [3.63, 3.8) is 0 Å². The van der Waals surface area contributed by atoms with Crippen molar-refractivity contribution in [1.29, 1.82) is 0 Å². The molecule has 0 N–H and O–H groups in total. The minimum absolute atomic E-state index is 0.0896. The molecule has 0 saturated heterocycles. The molecule has 3 rings (SSSR count). The maximum atomic E-state index is 12.6. The lowest BCUT2D eigenvalue weighted by molar-refractivity contribution is 0.388. The van der Waals surface area contributed by atoms with Crippen molar-refractivity contribution in [2.24, 2.45) is 0 Å². The molecule has 0 amide bonds. The van der Waals surface area contributed by atoms with Gasteiger partial charge >= 0.3 is 0 Å². The molecule has 0 bridgehead atoms. The Balaban J connectivity index is 1.99. The van der Waals surface area contributed by atoms with E-state index >= 15 is 0 Å². The Morgan fingerprint density at radius 3 is 2.87 bits per heavy atom. The quantitative estimate of drug-likeness (QED) is 0.697. The molecule has 1 aromatic carbocycles. The van der Waals surface area contributed by atoms with Gasteiger partial charge in [0.05, 0.1) is 12.8 Å². The lowest BCUT2D eigenvalue weighted by Crippen LogP contribution is -2.12. The molecule has 8 nitrogen and oxygen atoms in total. The van der Waals surface area contributed by atoms with Gasteiger partial charge < -0.3 is 9.26 Å². The van der Waals surface area contributed by atoms with Gasteiger partial charge in [-0.05, 0) is 12.1 Å². The van der Waals surface area contributed by atoms with Gasteiger partial charge in [-0.15, -0.1) is 0 Å². The molecule has 0 saturated carbocycles. The summed E-state index contributed by atoms with van der Waals surface area (Å²) in [6.07, 6.45) is 3.00. The molecule has 0 aliphatic carbocycles. The van der Waals surface area contributed by atoms with Crippen molar-refractivity contribution in [2.45, 2.75) is 17.8 Å². The molecule has 0 radical (unpaired) electrons. The third-order valence-electron chi connectivity index (χ3n) is 3.11. The SMILES string of the molecule is COc1cccc(-n2ccnc2S(=O)(=O)Cc2noc(C)n2)c1. The third-order valence-corrected chi connectivity index (χ3v) is 4.60. The van der Waals surface area contributed by atoms with Gasteiger partial charge in [-0.1, -0.05) is 11.2 Å². The van der Waals surface area contributed by atoms with Crippen LogP contribution in [0.25, 0.3) is 5.69 Å². The van der Waals surface area contributed by atoms with E-state index in [1.807, 2.05) is 0 Å². The summed E-state index contributed by atoms with van der Waals surface area (Å²) in [6.45, 7) is 1.60. The van der Waals surface area contributed by atoms with Crippen molar-refractivity contribution < 1.29 is 17.7 Å².